The van der Waals surface area contributed by atoms with Crippen LogP contribution in [0.1, 0.15) is 44.6 Å². The van der Waals surface area contributed by atoms with Crippen molar-refractivity contribution in [2.24, 2.45) is 5.73 Å². The predicted octanol–water partition coefficient (Wildman–Crippen LogP) is 4.08. The first-order valence-corrected chi connectivity index (χ1v) is 12.9. The molecule has 3 heterocycles. The van der Waals surface area contributed by atoms with Crippen molar-refractivity contribution in [2.75, 3.05) is 19.0 Å². The van der Waals surface area contributed by atoms with E-state index in [4.69, 9.17) is 5.73 Å². The lowest BCUT2D eigenvalue weighted by Gasteiger charge is -2.22. The molecule has 44 heavy (non-hydrogen) atoms. The third-order valence-corrected chi connectivity index (χ3v) is 6.61. The van der Waals surface area contributed by atoms with Crippen molar-refractivity contribution in [2.45, 2.75) is 32.1 Å². The number of benzene rings is 1. The monoisotopic (exact) mass is 612 g/mol. The largest absolute Gasteiger partial charge is 0.436 e. The molecule has 15 heteroatoms. The second kappa shape index (κ2) is 12.5. The number of nitrogens with one attached hydrogen (secondary N) is 1. The summed E-state index contributed by atoms with van der Waals surface area (Å²) in [6, 6.07) is 7.88. The molecule has 0 radical (unpaired) electrons. The summed E-state index contributed by atoms with van der Waals surface area (Å²) in [5, 5.41) is 15.3. The smallest absolute Gasteiger partial charge is 0.365 e. The van der Waals surface area contributed by atoms with E-state index >= 15 is 0 Å². The zero-order valence-electron chi connectivity index (χ0n) is 23.6. The summed E-state index contributed by atoms with van der Waals surface area (Å²) in [4.78, 5) is 35.8. The van der Waals surface area contributed by atoms with Crippen molar-refractivity contribution < 1.29 is 31.5 Å². The third kappa shape index (κ3) is 6.80. The normalized spacial score (nSPS) is 12.0. The molecule has 3 N–H and O–H groups in total. The van der Waals surface area contributed by atoms with E-state index in [-0.39, 0.29) is 28.9 Å². The van der Waals surface area contributed by atoms with Gasteiger partial charge >= 0.3 is 6.18 Å². The number of carbonyl (C=O) groups is 2. The van der Waals surface area contributed by atoms with Gasteiger partial charge in [-0.1, -0.05) is 6.07 Å². The summed E-state index contributed by atoms with van der Waals surface area (Å²) >= 11 is 0. The first-order valence-electron chi connectivity index (χ1n) is 12.9. The molecule has 0 aliphatic rings. The zero-order chi connectivity index (χ0) is 32.3. The van der Waals surface area contributed by atoms with Crippen LogP contribution in [0.25, 0.3) is 11.1 Å². The number of primary amides is 1. The van der Waals surface area contributed by atoms with Gasteiger partial charge in [-0.2, -0.15) is 23.5 Å². The van der Waals surface area contributed by atoms with Crippen LogP contribution in [0.2, 0.25) is 0 Å². The van der Waals surface area contributed by atoms with Gasteiger partial charge in [-0.05, 0) is 43.2 Å². The van der Waals surface area contributed by atoms with Crippen molar-refractivity contribution in [3.63, 3.8) is 0 Å². The Morgan fingerprint density at radius 1 is 1.14 bits per heavy atom. The minimum Gasteiger partial charge on any atom is -0.365 e. The van der Waals surface area contributed by atoms with Crippen molar-refractivity contribution in [3.8, 4) is 17.2 Å². The topological polar surface area (TPSA) is 143 Å². The van der Waals surface area contributed by atoms with Gasteiger partial charge in [0.05, 0.1) is 23.0 Å². The molecule has 0 saturated carbocycles. The predicted molar refractivity (Wildman–Crippen MR) is 148 cm³/mol. The van der Waals surface area contributed by atoms with Crippen molar-refractivity contribution in [3.05, 3.63) is 94.2 Å². The molecule has 3 aromatic heterocycles. The van der Waals surface area contributed by atoms with E-state index in [1.807, 2.05) is 0 Å². The van der Waals surface area contributed by atoms with Crippen LogP contribution in [-0.4, -0.2) is 45.7 Å². The van der Waals surface area contributed by atoms with Gasteiger partial charge in [-0.25, -0.2) is 13.8 Å². The number of pyridine rings is 2. The number of rotatable bonds is 9. The van der Waals surface area contributed by atoms with Crippen LogP contribution in [0.15, 0.2) is 48.8 Å². The molecule has 10 nitrogen and oxygen atoms in total. The van der Waals surface area contributed by atoms with Crippen LogP contribution in [0.4, 0.5) is 27.8 Å². The molecule has 1 aromatic carbocycles. The summed E-state index contributed by atoms with van der Waals surface area (Å²) in [5.74, 6) is -3.01. The van der Waals surface area contributed by atoms with E-state index in [1.165, 1.54) is 31.5 Å². The first kappa shape index (κ1) is 31.5. The number of alkyl halides is 3. The minimum absolute atomic E-state index is 0.0954. The quantitative estimate of drug-likeness (QED) is 0.271. The molecule has 4 aromatic rings. The van der Waals surface area contributed by atoms with Gasteiger partial charge in [-0.3, -0.25) is 19.3 Å². The summed E-state index contributed by atoms with van der Waals surface area (Å²) in [5.41, 5.74) is 4.46. The zero-order valence-corrected chi connectivity index (χ0v) is 23.6. The molecule has 0 fully saturated rings. The van der Waals surface area contributed by atoms with Crippen LogP contribution < -0.4 is 16.0 Å². The van der Waals surface area contributed by atoms with Gasteiger partial charge in [0, 0.05) is 43.7 Å². The van der Waals surface area contributed by atoms with E-state index in [1.54, 1.807) is 31.1 Å². The minimum atomic E-state index is -4.93. The molecular weight excluding hydrogens is 587 g/mol. The highest BCUT2D eigenvalue weighted by Crippen LogP contribution is 2.33. The number of carbonyl (C=O) groups excluding carboxylic acids is 2. The molecule has 4 rings (SSSR count). The van der Waals surface area contributed by atoms with Crippen molar-refractivity contribution in [1.29, 1.82) is 5.26 Å². The van der Waals surface area contributed by atoms with E-state index in [9.17, 15) is 36.8 Å². The maximum atomic E-state index is 14.1. The summed E-state index contributed by atoms with van der Waals surface area (Å²) in [6.45, 7) is 0.510. The number of hydrogen-bond donors (Lipinski definition) is 2. The Bertz CT molecular complexity index is 1760. The molecule has 0 saturated heterocycles. The van der Waals surface area contributed by atoms with Gasteiger partial charge in [-0.15, -0.1) is 0 Å². The molecule has 228 valence electrons. The van der Waals surface area contributed by atoms with Gasteiger partial charge in [0.2, 0.25) is 5.91 Å². The SMILES string of the molecule is Cc1c(C#N)c(C(F)(F)F)nn1CC(=O)N[C@@H](Cc1cc(F)cc(F)c1)c1ncccc1-c1cnc(N(C)C)c(C(N)=O)c1. The van der Waals surface area contributed by atoms with Crippen LogP contribution in [0.3, 0.4) is 0 Å². The molecule has 0 aliphatic carbocycles. The molecule has 0 spiro atoms. The molecule has 1 atom stereocenters. The van der Waals surface area contributed by atoms with Gasteiger partial charge in [0.1, 0.15) is 35.6 Å². The summed E-state index contributed by atoms with van der Waals surface area (Å²) < 4.78 is 69.2. The summed E-state index contributed by atoms with van der Waals surface area (Å²) in [6.07, 6.45) is -2.25. The number of hydrogen-bond acceptors (Lipinski definition) is 7. The molecule has 0 unspecified atom stereocenters. The Kier molecular flexibility index (Phi) is 8.93. The average molecular weight is 613 g/mol. The fourth-order valence-electron chi connectivity index (χ4n) is 4.67. The maximum absolute atomic E-state index is 14.1. The second-order valence-corrected chi connectivity index (χ2v) is 9.97. The maximum Gasteiger partial charge on any atom is 0.436 e. The lowest BCUT2D eigenvalue weighted by Crippen LogP contribution is -2.34. The number of nitrogens with zero attached hydrogens (tertiary/aromatic N) is 6. The average Bonchev–Trinajstić information content (AvgIpc) is 3.26. The molecule has 0 aliphatic heterocycles. The Morgan fingerprint density at radius 3 is 2.39 bits per heavy atom. The van der Waals surface area contributed by atoms with Crippen LogP contribution in [0, 0.1) is 29.9 Å². The molecular formula is C29H25F5N8O2. The van der Waals surface area contributed by atoms with E-state index < -0.39 is 53.5 Å². The fraction of sp³-hybridized carbons (Fsp3) is 0.241. The fourth-order valence-corrected chi connectivity index (χ4v) is 4.67. The first-order chi connectivity index (χ1) is 20.7. The van der Waals surface area contributed by atoms with Crippen molar-refractivity contribution >= 4 is 17.6 Å². The number of halogens is 5. The van der Waals surface area contributed by atoms with Gasteiger partial charge in [0.15, 0.2) is 5.69 Å². The number of nitrogens with two attached hydrogens (primary N) is 1. The van der Waals surface area contributed by atoms with Gasteiger partial charge in [0.25, 0.3) is 5.91 Å². The molecule has 2 amide bonds. The highest BCUT2D eigenvalue weighted by Gasteiger charge is 2.39. The van der Waals surface area contributed by atoms with E-state index in [0.717, 1.165) is 16.8 Å². The van der Waals surface area contributed by atoms with Crippen molar-refractivity contribution in [1.82, 2.24) is 25.1 Å². The summed E-state index contributed by atoms with van der Waals surface area (Å²) in [7, 11) is 3.35. The van der Waals surface area contributed by atoms with E-state index in [2.05, 4.69) is 20.4 Å². The number of amides is 2. The van der Waals surface area contributed by atoms with Crippen LogP contribution in [-0.2, 0) is 23.9 Å². The lowest BCUT2D eigenvalue weighted by atomic mass is 9.95. The van der Waals surface area contributed by atoms with E-state index in [0.29, 0.717) is 23.0 Å². The lowest BCUT2D eigenvalue weighted by molar-refractivity contribution is -0.142. The van der Waals surface area contributed by atoms with Gasteiger partial charge < -0.3 is 16.0 Å². The second-order valence-electron chi connectivity index (χ2n) is 9.97. The van der Waals surface area contributed by atoms with Crippen LogP contribution >= 0.6 is 0 Å². The standard InChI is InChI=1S/C29H25F5N8O2/c1-15-22(12-35)26(29(32,33)34)40-42(15)14-24(43)39-23(9-16-7-18(30)11-19(31)8-16)25-20(5-4-6-37-25)17-10-21(27(36)44)28(38-13-17)41(2)3/h4-8,10-11,13,23H,9,14H2,1-3H3,(H2,36,44)(H,39,43)/t23-/m0/s1. The number of aromatic nitrogens is 4. The third-order valence-electron chi connectivity index (χ3n) is 6.61. The highest BCUT2D eigenvalue weighted by atomic mass is 19.4. The van der Waals surface area contributed by atoms with Crippen LogP contribution in [0.5, 0.6) is 0 Å². The Hall–Kier alpha value is -5.39. The highest BCUT2D eigenvalue weighted by molar-refractivity contribution is 5.99. The molecule has 0 bridgehead atoms. The Balaban J connectivity index is 1.77. The Labute approximate surface area is 247 Å². The number of anilines is 1. The number of nitriles is 1. The Morgan fingerprint density at radius 2 is 1.82 bits per heavy atom.